The SMILES string of the molecule is COc1ccc(C(OC)C(C)NC(=O)Cc2cccc(C(=O)O)c2)cc1. The van der Waals surface area contributed by atoms with Crippen LogP contribution in [0.5, 0.6) is 5.75 Å². The number of hydrogen-bond acceptors (Lipinski definition) is 4. The van der Waals surface area contributed by atoms with Crippen molar-refractivity contribution < 1.29 is 24.2 Å². The molecule has 26 heavy (non-hydrogen) atoms. The van der Waals surface area contributed by atoms with Crippen LogP contribution in [0.25, 0.3) is 0 Å². The van der Waals surface area contributed by atoms with Crippen LogP contribution in [-0.4, -0.2) is 37.2 Å². The maximum Gasteiger partial charge on any atom is 0.335 e. The number of benzene rings is 2. The molecular weight excluding hydrogens is 334 g/mol. The van der Waals surface area contributed by atoms with E-state index in [0.29, 0.717) is 5.56 Å². The summed E-state index contributed by atoms with van der Waals surface area (Å²) >= 11 is 0. The Labute approximate surface area is 152 Å². The van der Waals surface area contributed by atoms with Crippen molar-refractivity contribution in [3.05, 3.63) is 65.2 Å². The van der Waals surface area contributed by atoms with Gasteiger partial charge in [0.05, 0.1) is 25.1 Å². The molecule has 138 valence electrons. The van der Waals surface area contributed by atoms with Gasteiger partial charge in [-0.25, -0.2) is 4.79 Å². The molecule has 0 aliphatic heterocycles. The number of methoxy groups -OCH3 is 2. The van der Waals surface area contributed by atoms with E-state index in [4.69, 9.17) is 14.6 Å². The fraction of sp³-hybridized carbons (Fsp3) is 0.300. The molecule has 0 radical (unpaired) electrons. The Morgan fingerprint density at radius 2 is 1.81 bits per heavy atom. The summed E-state index contributed by atoms with van der Waals surface area (Å²) in [7, 11) is 3.19. The van der Waals surface area contributed by atoms with Crippen molar-refractivity contribution in [2.75, 3.05) is 14.2 Å². The highest BCUT2D eigenvalue weighted by molar-refractivity contribution is 5.88. The first-order chi connectivity index (χ1) is 12.4. The molecule has 0 fully saturated rings. The van der Waals surface area contributed by atoms with E-state index < -0.39 is 5.97 Å². The van der Waals surface area contributed by atoms with E-state index in [1.807, 2.05) is 31.2 Å². The van der Waals surface area contributed by atoms with Gasteiger partial charge < -0.3 is 19.9 Å². The first-order valence-electron chi connectivity index (χ1n) is 8.23. The van der Waals surface area contributed by atoms with E-state index in [1.54, 1.807) is 26.4 Å². The van der Waals surface area contributed by atoms with Crippen LogP contribution in [-0.2, 0) is 16.0 Å². The van der Waals surface area contributed by atoms with Gasteiger partial charge in [0.15, 0.2) is 0 Å². The molecule has 2 aromatic carbocycles. The van der Waals surface area contributed by atoms with Crippen molar-refractivity contribution in [3.8, 4) is 5.75 Å². The number of carboxylic acids is 1. The number of amides is 1. The van der Waals surface area contributed by atoms with Crippen LogP contribution in [0.15, 0.2) is 48.5 Å². The zero-order valence-electron chi connectivity index (χ0n) is 15.1. The van der Waals surface area contributed by atoms with Crippen molar-refractivity contribution in [2.24, 2.45) is 0 Å². The minimum atomic E-state index is -1.01. The predicted molar refractivity (Wildman–Crippen MR) is 97.5 cm³/mol. The van der Waals surface area contributed by atoms with Gasteiger partial charge in [-0.15, -0.1) is 0 Å². The lowest BCUT2D eigenvalue weighted by Gasteiger charge is -2.24. The second kappa shape index (κ2) is 9.01. The average molecular weight is 357 g/mol. The van der Waals surface area contributed by atoms with Gasteiger partial charge in [-0.3, -0.25) is 4.79 Å². The maximum atomic E-state index is 12.3. The van der Waals surface area contributed by atoms with Crippen molar-refractivity contribution >= 4 is 11.9 Å². The maximum absolute atomic E-state index is 12.3. The Morgan fingerprint density at radius 1 is 1.12 bits per heavy atom. The third-order valence-electron chi connectivity index (χ3n) is 4.08. The van der Waals surface area contributed by atoms with Gasteiger partial charge in [0.25, 0.3) is 0 Å². The van der Waals surface area contributed by atoms with E-state index in [2.05, 4.69) is 5.32 Å². The molecule has 0 spiro atoms. The van der Waals surface area contributed by atoms with Crippen LogP contribution >= 0.6 is 0 Å². The van der Waals surface area contributed by atoms with E-state index in [-0.39, 0.29) is 30.0 Å². The molecule has 1 amide bonds. The van der Waals surface area contributed by atoms with E-state index >= 15 is 0 Å². The molecule has 0 heterocycles. The fourth-order valence-corrected chi connectivity index (χ4v) is 2.80. The Kier molecular flexibility index (Phi) is 6.74. The van der Waals surface area contributed by atoms with Gasteiger partial charge in [-0.1, -0.05) is 24.3 Å². The Balaban J connectivity index is 2.02. The fourth-order valence-electron chi connectivity index (χ4n) is 2.80. The molecule has 2 rings (SSSR count). The molecule has 6 heteroatoms. The predicted octanol–water partition coefficient (Wildman–Crippen LogP) is 2.83. The van der Waals surface area contributed by atoms with Gasteiger partial charge in [0, 0.05) is 7.11 Å². The number of ether oxygens (including phenoxy) is 2. The van der Waals surface area contributed by atoms with Gasteiger partial charge in [-0.05, 0) is 42.3 Å². The third-order valence-corrected chi connectivity index (χ3v) is 4.08. The van der Waals surface area contributed by atoms with Crippen LogP contribution in [0.3, 0.4) is 0 Å². The Bertz CT molecular complexity index is 757. The van der Waals surface area contributed by atoms with Crippen molar-refractivity contribution in [3.63, 3.8) is 0 Å². The molecule has 0 bridgehead atoms. The van der Waals surface area contributed by atoms with Gasteiger partial charge in [0.2, 0.25) is 5.91 Å². The average Bonchev–Trinajstić information content (AvgIpc) is 2.63. The smallest absolute Gasteiger partial charge is 0.335 e. The van der Waals surface area contributed by atoms with Gasteiger partial charge >= 0.3 is 5.97 Å². The monoisotopic (exact) mass is 357 g/mol. The number of rotatable bonds is 8. The van der Waals surface area contributed by atoms with Crippen LogP contribution in [0.4, 0.5) is 0 Å². The third kappa shape index (κ3) is 5.07. The second-order valence-corrected chi connectivity index (χ2v) is 5.97. The normalized spacial score (nSPS) is 12.9. The van der Waals surface area contributed by atoms with Crippen molar-refractivity contribution in [2.45, 2.75) is 25.5 Å². The quantitative estimate of drug-likeness (QED) is 0.759. The molecule has 2 unspecified atom stereocenters. The van der Waals surface area contributed by atoms with Crippen LogP contribution < -0.4 is 10.1 Å². The van der Waals surface area contributed by atoms with Crippen LogP contribution in [0.1, 0.15) is 34.5 Å². The number of carboxylic acid groups (broad SMARTS) is 1. The first-order valence-corrected chi connectivity index (χ1v) is 8.23. The summed E-state index contributed by atoms with van der Waals surface area (Å²) in [6, 6.07) is 13.6. The van der Waals surface area contributed by atoms with E-state index in [0.717, 1.165) is 11.3 Å². The summed E-state index contributed by atoms with van der Waals surface area (Å²) in [4.78, 5) is 23.3. The van der Waals surface area contributed by atoms with E-state index in [9.17, 15) is 9.59 Å². The highest BCUT2D eigenvalue weighted by Crippen LogP contribution is 2.23. The molecule has 2 aromatic rings. The number of nitrogens with one attached hydrogen (secondary N) is 1. The lowest BCUT2D eigenvalue weighted by Crippen LogP contribution is -2.38. The number of hydrogen-bond donors (Lipinski definition) is 2. The molecule has 0 aliphatic carbocycles. The lowest BCUT2D eigenvalue weighted by molar-refractivity contribution is -0.122. The molecule has 2 atom stereocenters. The largest absolute Gasteiger partial charge is 0.497 e. The highest BCUT2D eigenvalue weighted by Gasteiger charge is 2.21. The van der Waals surface area contributed by atoms with Gasteiger partial charge in [0.1, 0.15) is 11.9 Å². The minimum absolute atomic E-state index is 0.102. The molecule has 0 saturated heterocycles. The number of carbonyl (C=O) groups is 2. The minimum Gasteiger partial charge on any atom is -0.497 e. The first kappa shape index (κ1) is 19.5. The molecule has 0 aromatic heterocycles. The van der Waals surface area contributed by atoms with Crippen LogP contribution in [0, 0.1) is 0 Å². The topological polar surface area (TPSA) is 84.9 Å². The Morgan fingerprint density at radius 3 is 2.38 bits per heavy atom. The highest BCUT2D eigenvalue weighted by atomic mass is 16.5. The summed E-state index contributed by atoms with van der Waals surface area (Å²) < 4.78 is 10.7. The second-order valence-electron chi connectivity index (χ2n) is 5.97. The number of carbonyl (C=O) groups excluding carboxylic acids is 1. The van der Waals surface area contributed by atoms with Gasteiger partial charge in [-0.2, -0.15) is 0 Å². The van der Waals surface area contributed by atoms with Crippen molar-refractivity contribution in [1.29, 1.82) is 0 Å². The lowest BCUT2D eigenvalue weighted by atomic mass is 10.0. The summed E-state index contributed by atoms with van der Waals surface area (Å²) in [5, 5.41) is 11.9. The van der Waals surface area contributed by atoms with E-state index in [1.165, 1.54) is 12.1 Å². The summed E-state index contributed by atoms with van der Waals surface area (Å²) in [6.45, 7) is 1.87. The number of aromatic carboxylic acids is 1. The molecule has 2 N–H and O–H groups in total. The standard InChI is InChI=1S/C20H23NO5/c1-13(19(26-3)15-7-9-17(25-2)10-8-15)21-18(22)12-14-5-4-6-16(11-14)20(23)24/h4-11,13,19H,12H2,1-3H3,(H,21,22)(H,23,24). The Hall–Kier alpha value is -2.86. The van der Waals surface area contributed by atoms with Crippen molar-refractivity contribution in [1.82, 2.24) is 5.32 Å². The molecular formula is C20H23NO5. The zero-order chi connectivity index (χ0) is 19.1. The van der Waals surface area contributed by atoms with Crippen LogP contribution in [0.2, 0.25) is 0 Å². The summed E-state index contributed by atoms with van der Waals surface area (Å²) in [5.74, 6) is -0.464. The molecule has 6 nitrogen and oxygen atoms in total. The summed E-state index contributed by atoms with van der Waals surface area (Å²) in [5.41, 5.74) is 1.73. The summed E-state index contributed by atoms with van der Waals surface area (Å²) in [6.07, 6.45) is -0.208. The zero-order valence-corrected chi connectivity index (χ0v) is 15.1. The molecule has 0 saturated carbocycles. The molecule has 0 aliphatic rings.